The lowest BCUT2D eigenvalue weighted by Gasteiger charge is -2.37. The fourth-order valence-corrected chi connectivity index (χ4v) is 5.17. The first-order chi connectivity index (χ1) is 14.5. The first-order valence-corrected chi connectivity index (χ1v) is 13.0. The van der Waals surface area contributed by atoms with Crippen LogP contribution in [0.2, 0.25) is 0 Å². The van der Waals surface area contributed by atoms with Crippen molar-refractivity contribution < 1.29 is 19.8 Å². The number of carbonyl (C=O) groups is 2. The van der Waals surface area contributed by atoms with Gasteiger partial charge in [-0.05, 0) is 49.4 Å². The highest BCUT2D eigenvalue weighted by atomic mass is 16.4. The van der Waals surface area contributed by atoms with Crippen LogP contribution in [0.15, 0.2) is 0 Å². The highest BCUT2D eigenvalue weighted by Crippen LogP contribution is 2.43. The van der Waals surface area contributed by atoms with Gasteiger partial charge in [-0.15, -0.1) is 0 Å². The Balaban J connectivity index is 4.40. The summed E-state index contributed by atoms with van der Waals surface area (Å²) < 4.78 is 0. The summed E-state index contributed by atoms with van der Waals surface area (Å²) >= 11 is 0. The zero-order chi connectivity index (χ0) is 23.9. The van der Waals surface area contributed by atoms with Crippen molar-refractivity contribution in [2.24, 2.45) is 29.1 Å². The van der Waals surface area contributed by atoms with Crippen molar-refractivity contribution in [3.63, 3.8) is 0 Å². The molecule has 0 saturated heterocycles. The monoisotopic (exact) mass is 440 g/mol. The van der Waals surface area contributed by atoms with Gasteiger partial charge in [0.15, 0.2) is 0 Å². The van der Waals surface area contributed by atoms with E-state index < -0.39 is 17.4 Å². The fraction of sp³-hybridized carbons (Fsp3) is 0.926. The van der Waals surface area contributed by atoms with Crippen molar-refractivity contribution in [3.05, 3.63) is 0 Å². The van der Waals surface area contributed by atoms with E-state index in [9.17, 15) is 14.7 Å². The Hall–Kier alpha value is -1.06. The molecule has 0 amide bonds. The van der Waals surface area contributed by atoms with E-state index >= 15 is 0 Å². The van der Waals surface area contributed by atoms with Crippen LogP contribution in [0.3, 0.4) is 0 Å². The highest BCUT2D eigenvalue weighted by Gasteiger charge is 2.41. The maximum absolute atomic E-state index is 12.4. The molecule has 0 fully saturated rings. The zero-order valence-electron chi connectivity index (χ0n) is 21.4. The van der Waals surface area contributed by atoms with Crippen LogP contribution in [-0.2, 0) is 9.59 Å². The molecular weight excluding hydrogens is 388 g/mol. The number of hydrogen-bond acceptors (Lipinski definition) is 2. The summed E-state index contributed by atoms with van der Waals surface area (Å²) in [5.74, 6) is 0.503. The molecule has 0 aromatic rings. The van der Waals surface area contributed by atoms with Crippen LogP contribution in [0.5, 0.6) is 0 Å². The molecule has 0 rings (SSSR count). The lowest BCUT2D eigenvalue weighted by molar-refractivity contribution is -0.153. The first kappa shape index (κ1) is 29.9. The van der Waals surface area contributed by atoms with E-state index in [4.69, 9.17) is 5.11 Å². The second-order valence-corrected chi connectivity index (χ2v) is 11.1. The van der Waals surface area contributed by atoms with E-state index in [-0.39, 0.29) is 0 Å². The van der Waals surface area contributed by atoms with Gasteiger partial charge < -0.3 is 10.2 Å². The van der Waals surface area contributed by atoms with E-state index in [0.717, 1.165) is 44.9 Å². The number of carboxylic acids is 2. The normalized spacial score (nSPS) is 13.3. The van der Waals surface area contributed by atoms with Crippen molar-refractivity contribution >= 4 is 11.9 Å². The van der Waals surface area contributed by atoms with Crippen LogP contribution >= 0.6 is 0 Å². The Morgan fingerprint density at radius 3 is 1.42 bits per heavy atom. The number of hydrogen-bond donors (Lipinski definition) is 2. The van der Waals surface area contributed by atoms with Crippen LogP contribution in [0.4, 0.5) is 0 Å². The number of rotatable bonds is 20. The molecule has 4 nitrogen and oxygen atoms in total. The van der Waals surface area contributed by atoms with E-state index in [0.29, 0.717) is 30.1 Å². The minimum absolute atomic E-state index is 0.300. The molecule has 0 saturated carbocycles. The van der Waals surface area contributed by atoms with Gasteiger partial charge in [-0.2, -0.15) is 0 Å². The molecule has 4 heteroatoms. The second-order valence-electron chi connectivity index (χ2n) is 11.1. The topological polar surface area (TPSA) is 74.6 Å². The Kier molecular flexibility index (Phi) is 16.0. The van der Waals surface area contributed by atoms with E-state index in [1.807, 2.05) is 0 Å². The lowest BCUT2D eigenvalue weighted by atomic mass is 9.66. The largest absolute Gasteiger partial charge is 0.481 e. The van der Waals surface area contributed by atoms with Gasteiger partial charge in [-0.3, -0.25) is 9.59 Å². The standard InChI is InChI=1S/C27H52O4/c1-21(2)18-27(26(30)31,19-22(3)4)20-24(23(5)6)16-14-12-10-8-7-9-11-13-15-17-25(28)29/h21-24H,7-20H2,1-6H3,(H,28,29)(H,30,31). The van der Waals surface area contributed by atoms with Gasteiger partial charge in [0, 0.05) is 6.42 Å². The molecule has 0 heterocycles. The van der Waals surface area contributed by atoms with Crippen molar-refractivity contribution in [1.82, 2.24) is 0 Å². The van der Waals surface area contributed by atoms with Gasteiger partial charge in [-0.1, -0.05) is 99.3 Å². The third-order valence-electron chi connectivity index (χ3n) is 6.61. The molecule has 0 aliphatic rings. The van der Waals surface area contributed by atoms with Gasteiger partial charge in [-0.25, -0.2) is 0 Å². The summed E-state index contributed by atoms with van der Waals surface area (Å²) in [4.78, 5) is 22.9. The summed E-state index contributed by atoms with van der Waals surface area (Å²) in [6.07, 6.45) is 14.2. The molecule has 0 bridgehead atoms. The molecule has 0 aromatic carbocycles. The molecule has 0 spiro atoms. The summed E-state index contributed by atoms with van der Waals surface area (Å²) in [7, 11) is 0. The smallest absolute Gasteiger partial charge is 0.309 e. The number of unbranched alkanes of at least 4 members (excludes halogenated alkanes) is 8. The zero-order valence-corrected chi connectivity index (χ0v) is 21.4. The van der Waals surface area contributed by atoms with Crippen molar-refractivity contribution in [3.8, 4) is 0 Å². The minimum atomic E-state index is -0.686. The summed E-state index contributed by atoms with van der Waals surface area (Å²) in [5.41, 5.74) is -0.585. The highest BCUT2D eigenvalue weighted by molar-refractivity contribution is 5.74. The molecular formula is C27H52O4. The number of carboxylic acid groups (broad SMARTS) is 2. The Morgan fingerprint density at radius 2 is 1.06 bits per heavy atom. The van der Waals surface area contributed by atoms with E-state index in [2.05, 4.69) is 41.5 Å². The molecule has 0 aliphatic heterocycles. The van der Waals surface area contributed by atoms with E-state index in [1.165, 1.54) is 38.5 Å². The third-order valence-corrected chi connectivity index (χ3v) is 6.61. The molecule has 0 aliphatic carbocycles. The molecule has 0 aromatic heterocycles. The SMILES string of the molecule is CC(C)CC(CC(C)C)(CC(CCCCCCCCCCCC(=O)O)C(C)C)C(=O)O. The molecule has 31 heavy (non-hydrogen) atoms. The van der Waals surface area contributed by atoms with Crippen LogP contribution < -0.4 is 0 Å². The Bertz CT molecular complexity index is 472. The minimum Gasteiger partial charge on any atom is -0.481 e. The van der Waals surface area contributed by atoms with Crippen LogP contribution in [0.1, 0.15) is 131 Å². The molecule has 0 radical (unpaired) electrons. The molecule has 184 valence electrons. The quantitative estimate of drug-likeness (QED) is 0.187. The van der Waals surface area contributed by atoms with Gasteiger partial charge in [0.2, 0.25) is 0 Å². The predicted octanol–water partition coefficient (Wildman–Crippen LogP) is 8.19. The summed E-state index contributed by atoms with van der Waals surface area (Å²) in [5, 5.41) is 18.8. The maximum Gasteiger partial charge on any atom is 0.309 e. The van der Waals surface area contributed by atoms with Gasteiger partial charge in [0.25, 0.3) is 0 Å². The van der Waals surface area contributed by atoms with Gasteiger partial charge >= 0.3 is 11.9 Å². The summed E-state index contributed by atoms with van der Waals surface area (Å²) in [6.45, 7) is 13.1. The Labute approximate surface area is 192 Å². The number of aliphatic carboxylic acids is 2. The molecule has 1 unspecified atom stereocenters. The Morgan fingerprint density at radius 1 is 0.645 bits per heavy atom. The first-order valence-electron chi connectivity index (χ1n) is 13.0. The van der Waals surface area contributed by atoms with Crippen LogP contribution in [-0.4, -0.2) is 22.2 Å². The van der Waals surface area contributed by atoms with Crippen LogP contribution in [0, 0.1) is 29.1 Å². The second kappa shape index (κ2) is 16.6. The molecule has 2 N–H and O–H groups in total. The average molecular weight is 441 g/mol. The maximum atomic E-state index is 12.4. The molecule has 1 atom stereocenters. The fourth-order valence-electron chi connectivity index (χ4n) is 5.17. The van der Waals surface area contributed by atoms with Crippen molar-refractivity contribution in [2.75, 3.05) is 0 Å². The van der Waals surface area contributed by atoms with Crippen molar-refractivity contribution in [1.29, 1.82) is 0 Å². The van der Waals surface area contributed by atoms with Gasteiger partial charge in [0.05, 0.1) is 5.41 Å². The van der Waals surface area contributed by atoms with E-state index in [1.54, 1.807) is 0 Å². The summed E-state index contributed by atoms with van der Waals surface area (Å²) in [6, 6.07) is 0. The van der Waals surface area contributed by atoms with Gasteiger partial charge in [0.1, 0.15) is 0 Å². The lowest BCUT2D eigenvalue weighted by Crippen LogP contribution is -2.37. The van der Waals surface area contributed by atoms with Crippen LogP contribution in [0.25, 0.3) is 0 Å². The third kappa shape index (κ3) is 14.6. The predicted molar refractivity (Wildman–Crippen MR) is 130 cm³/mol. The average Bonchev–Trinajstić information content (AvgIpc) is 2.63. The van der Waals surface area contributed by atoms with Crippen molar-refractivity contribution in [2.45, 2.75) is 131 Å².